The quantitative estimate of drug-likeness (QED) is 0.821. The zero-order chi connectivity index (χ0) is 13.5. The third kappa shape index (κ3) is 4.22. The molecule has 5 nitrogen and oxygen atoms in total. The third-order valence-electron chi connectivity index (χ3n) is 3.16. The topological polar surface area (TPSA) is 56.8 Å². The molecule has 1 aliphatic heterocycles. The molecule has 2 rings (SSSR count). The van der Waals surface area contributed by atoms with E-state index in [1.54, 1.807) is 7.11 Å². The zero-order valence-corrected chi connectivity index (χ0v) is 11.1. The highest BCUT2D eigenvalue weighted by atomic mass is 16.7. The first-order valence-corrected chi connectivity index (χ1v) is 6.44. The van der Waals surface area contributed by atoms with Crippen LogP contribution in [-0.2, 0) is 20.9 Å². The Balaban J connectivity index is 1.71. The summed E-state index contributed by atoms with van der Waals surface area (Å²) >= 11 is 0. The molecule has 1 aromatic rings. The summed E-state index contributed by atoms with van der Waals surface area (Å²) in [6.45, 7) is 1.76. The molecular weight excluding hydrogens is 246 g/mol. The molecule has 1 saturated heterocycles. The third-order valence-corrected chi connectivity index (χ3v) is 3.16. The van der Waals surface area contributed by atoms with E-state index in [9.17, 15) is 4.79 Å². The standard InChI is InChI=1S/C14H19NO4/c1-17-13-4-2-11(3-5-13)10-15-19-14(16)12-6-8-18-9-7-12/h2-5,12,15H,6-10H2,1H3. The molecule has 0 spiro atoms. The number of hydroxylamine groups is 1. The lowest BCUT2D eigenvalue weighted by Crippen LogP contribution is -2.29. The number of carbonyl (C=O) groups excluding carboxylic acids is 1. The largest absolute Gasteiger partial charge is 0.497 e. The van der Waals surface area contributed by atoms with Crippen molar-refractivity contribution >= 4 is 5.97 Å². The van der Waals surface area contributed by atoms with Crippen LogP contribution in [0.2, 0.25) is 0 Å². The average Bonchev–Trinajstić information content (AvgIpc) is 2.49. The van der Waals surface area contributed by atoms with Crippen LogP contribution in [0.5, 0.6) is 5.75 Å². The van der Waals surface area contributed by atoms with Gasteiger partial charge in [0.05, 0.1) is 19.6 Å². The molecule has 0 atom stereocenters. The molecular formula is C14H19NO4. The Morgan fingerprint density at radius 2 is 2.00 bits per heavy atom. The van der Waals surface area contributed by atoms with Gasteiger partial charge in [-0.2, -0.15) is 0 Å². The van der Waals surface area contributed by atoms with Crippen LogP contribution in [0.25, 0.3) is 0 Å². The van der Waals surface area contributed by atoms with Crippen LogP contribution in [0.1, 0.15) is 18.4 Å². The number of carbonyl (C=O) groups is 1. The first kappa shape index (κ1) is 13.8. The first-order chi connectivity index (χ1) is 9.29. The second-order valence-corrected chi connectivity index (χ2v) is 4.48. The van der Waals surface area contributed by atoms with Gasteiger partial charge in [0.1, 0.15) is 5.75 Å². The van der Waals surface area contributed by atoms with Gasteiger partial charge in [-0.05, 0) is 30.5 Å². The van der Waals surface area contributed by atoms with Crippen LogP contribution in [0, 0.1) is 5.92 Å². The Morgan fingerprint density at radius 3 is 2.63 bits per heavy atom. The highest BCUT2D eigenvalue weighted by molar-refractivity contribution is 5.72. The Morgan fingerprint density at radius 1 is 1.32 bits per heavy atom. The maximum absolute atomic E-state index is 11.7. The molecule has 1 aromatic carbocycles. The van der Waals surface area contributed by atoms with E-state index in [2.05, 4.69) is 5.48 Å². The molecule has 19 heavy (non-hydrogen) atoms. The van der Waals surface area contributed by atoms with Gasteiger partial charge in [-0.3, -0.25) is 4.79 Å². The summed E-state index contributed by atoms with van der Waals surface area (Å²) in [6, 6.07) is 7.59. The molecule has 0 aliphatic carbocycles. The van der Waals surface area contributed by atoms with E-state index >= 15 is 0 Å². The number of hydrogen-bond donors (Lipinski definition) is 1. The fourth-order valence-electron chi connectivity index (χ4n) is 1.95. The van der Waals surface area contributed by atoms with Gasteiger partial charge in [0.2, 0.25) is 0 Å². The predicted molar refractivity (Wildman–Crippen MR) is 69.5 cm³/mol. The van der Waals surface area contributed by atoms with Crippen molar-refractivity contribution in [2.45, 2.75) is 19.4 Å². The summed E-state index contributed by atoms with van der Waals surface area (Å²) in [5.41, 5.74) is 3.73. The summed E-state index contributed by atoms with van der Waals surface area (Å²) in [7, 11) is 1.63. The van der Waals surface area contributed by atoms with Crippen LogP contribution in [0.15, 0.2) is 24.3 Å². The molecule has 1 aliphatic rings. The number of ether oxygens (including phenoxy) is 2. The molecule has 1 heterocycles. The second-order valence-electron chi connectivity index (χ2n) is 4.48. The van der Waals surface area contributed by atoms with Crippen LogP contribution < -0.4 is 10.2 Å². The minimum atomic E-state index is -0.197. The van der Waals surface area contributed by atoms with Gasteiger partial charge in [-0.25, -0.2) is 0 Å². The summed E-state index contributed by atoms with van der Waals surface area (Å²) in [6.07, 6.45) is 1.48. The van der Waals surface area contributed by atoms with Crippen molar-refractivity contribution in [2.24, 2.45) is 5.92 Å². The fourth-order valence-corrected chi connectivity index (χ4v) is 1.95. The van der Waals surface area contributed by atoms with Crippen molar-refractivity contribution in [1.29, 1.82) is 0 Å². The SMILES string of the molecule is COc1ccc(CNOC(=O)C2CCOCC2)cc1. The monoisotopic (exact) mass is 265 g/mol. The summed E-state index contributed by atoms with van der Waals surface area (Å²) in [4.78, 5) is 16.8. The van der Waals surface area contributed by atoms with Crippen LogP contribution in [0.4, 0.5) is 0 Å². The van der Waals surface area contributed by atoms with Gasteiger partial charge >= 0.3 is 5.97 Å². The fraction of sp³-hybridized carbons (Fsp3) is 0.500. The van der Waals surface area contributed by atoms with Gasteiger partial charge in [-0.15, -0.1) is 5.48 Å². The lowest BCUT2D eigenvalue weighted by atomic mass is 10.0. The summed E-state index contributed by atoms with van der Waals surface area (Å²) in [5.74, 6) is 0.567. The van der Waals surface area contributed by atoms with E-state index in [0.29, 0.717) is 19.8 Å². The minimum Gasteiger partial charge on any atom is -0.497 e. The predicted octanol–water partition coefficient (Wildman–Crippen LogP) is 1.67. The number of benzene rings is 1. The smallest absolute Gasteiger partial charge is 0.327 e. The summed E-state index contributed by atoms with van der Waals surface area (Å²) in [5, 5.41) is 0. The molecule has 0 saturated carbocycles. The van der Waals surface area contributed by atoms with E-state index in [4.69, 9.17) is 14.3 Å². The molecule has 5 heteroatoms. The Labute approximate surface area is 112 Å². The molecule has 104 valence electrons. The van der Waals surface area contributed by atoms with Crippen molar-refractivity contribution in [3.8, 4) is 5.75 Å². The highest BCUT2D eigenvalue weighted by Gasteiger charge is 2.23. The normalized spacial score (nSPS) is 16.1. The van der Waals surface area contributed by atoms with E-state index in [-0.39, 0.29) is 11.9 Å². The van der Waals surface area contributed by atoms with Gasteiger partial charge in [0, 0.05) is 13.2 Å². The highest BCUT2D eigenvalue weighted by Crippen LogP contribution is 2.16. The summed E-state index contributed by atoms with van der Waals surface area (Å²) < 4.78 is 10.3. The lowest BCUT2D eigenvalue weighted by molar-refractivity contribution is -0.159. The van der Waals surface area contributed by atoms with Crippen molar-refractivity contribution in [3.05, 3.63) is 29.8 Å². The molecule has 0 bridgehead atoms. The molecule has 1 fully saturated rings. The molecule has 1 N–H and O–H groups in total. The van der Waals surface area contributed by atoms with E-state index in [1.807, 2.05) is 24.3 Å². The van der Waals surface area contributed by atoms with Crippen molar-refractivity contribution in [3.63, 3.8) is 0 Å². The first-order valence-electron chi connectivity index (χ1n) is 6.44. The number of rotatable bonds is 5. The lowest BCUT2D eigenvalue weighted by Gasteiger charge is -2.20. The van der Waals surface area contributed by atoms with Crippen LogP contribution in [-0.4, -0.2) is 26.3 Å². The molecule has 0 aromatic heterocycles. The molecule has 0 unspecified atom stereocenters. The Kier molecular flexibility index (Phi) is 5.18. The number of methoxy groups -OCH3 is 1. The molecule has 0 amide bonds. The van der Waals surface area contributed by atoms with Gasteiger partial charge in [0.15, 0.2) is 0 Å². The van der Waals surface area contributed by atoms with E-state index < -0.39 is 0 Å². The maximum atomic E-state index is 11.7. The van der Waals surface area contributed by atoms with Crippen molar-refractivity contribution in [2.75, 3.05) is 20.3 Å². The van der Waals surface area contributed by atoms with Gasteiger partial charge < -0.3 is 14.3 Å². The van der Waals surface area contributed by atoms with Gasteiger partial charge in [-0.1, -0.05) is 12.1 Å². The second kappa shape index (κ2) is 7.11. The van der Waals surface area contributed by atoms with Crippen LogP contribution >= 0.6 is 0 Å². The minimum absolute atomic E-state index is 0.0443. The van der Waals surface area contributed by atoms with E-state index in [0.717, 1.165) is 24.2 Å². The zero-order valence-electron chi connectivity index (χ0n) is 11.1. The number of nitrogens with one attached hydrogen (secondary N) is 1. The Hall–Kier alpha value is -1.59. The average molecular weight is 265 g/mol. The van der Waals surface area contributed by atoms with Gasteiger partial charge in [0.25, 0.3) is 0 Å². The van der Waals surface area contributed by atoms with Crippen LogP contribution in [0.3, 0.4) is 0 Å². The maximum Gasteiger partial charge on any atom is 0.327 e. The Bertz CT molecular complexity index is 398. The van der Waals surface area contributed by atoms with Crippen molar-refractivity contribution in [1.82, 2.24) is 5.48 Å². The van der Waals surface area contributed by atoms with Crippen molar-refractivity contribution < 1.29 is 19.1 Å². The molecule has 0 radical (unpaired) electrons. The van der Waals surface area contributed by atoms with E-state index in [1.165, 1.54) is 0 Å². The number of hydrogen-bond acceptors (Lipinski definition) is 5.